The third-order valence-electron chi connectivity index (χ3n) is 3.14. The van der Waals surface area contributed by atoms with Gasteiger partial charge in [-0.1, -0.05) is 12.1 Å². The van der Waals surface area contributed by atoms with Crippen LogP contribution < -0.4 is 0 Å². The first kappa shape index (κ1) is 10.6. The highest BCUT2D eigenvalue weighted by Gasteiger charge is 2.17. The average Bonchev–Trinajstić information content (AvgIpc) is 2.30. The lowest BCUT2D eigenvalue weighted by Crippen LogP contribution is -2.32. The van der Waals surface area contributed by atoms with Crippen LogP contribution in [-0.2, 0) is 0 Å². The topological polar surface area (TPSA) is 3.24 Å². The van der Waals surface area contributed by atoms with Crippen molar-refractivity contribution < 1.29 is 4.39 Å². The maximum absolute atomic E-state index is 12.8. The Kier molecular flexibility index (Phi) is 3.37. The van der Waals surface area contributed by atoms with Crippen molar-refractivity contribution in [2.24, 2.45) is 0 Å². The fourth-order valence-electron chi connectivity index (χ4n) is 2.11. The van der Waals surface area contributed by atoms with Crippen molar-refractivity contribution in [1.29, 1.82) is 0 Å². The van der Waals surface area contributed by atoms with Gasteiger partial charge < -0.3 is 0 Å². The molecule has 1 aromatic rings. The van der Waals surface area contributed by atoms with Crippen molar-refractivity contribution in [3.63, 3.8) is 0 Å². The fraction of sp³-hybridized carbons (Fsp3) is 0.462. The average molecular weight is 206 g/mol. The SMILES string of the molecule is CC(c1ccc(F)cc1)N1CC[CH]CC1. The fourth-order valence-corrected chi connectivity index (χ4v) is 2.11. The zero-order valence-electron chi connectivity index (χ0n) is 9.12. The van der Waals surface area contributed by atoms with E-state index in [2.05, 4.69) is 18.2 Å². The molecular weight excluding hydrogens is 189 g/mol. The standard InChI is InChI=1S/C13H17FN/c1-11(15-9-3-2-4-10-15)12-5-7-13(14)8-6-12/h2,5-8,11H,3-4,9-10H2,1H3. The van der Waals surface area contributed by atoms with Gasteiger partial charge >= 0.3 is 0 Å². The first-order valence-electron chi connectivity index (χ1n) is 5.58. The van der Waals surface area contributed by atoms with E-state index in [1.807, 2.05) is 12.1 Å². The number of halogens is 1. The van der Waals surface area contributed by atoms with Crippen LogP contribution in [0.1, 0.15) is 31.4 Å². The van der Waals surface area contributed by atoms with Crippen LogP contribution >= 0.6 is 0 Å². The lowest BCUT2D eigenvalue weighted by molar-refractivity contribution is 0.194. The highest BCUT2D eigenvalue weighted by molar-refractivity contribution is 5.19. The predicted octanol–water partition coefficient (Wildman–Crippen LogP) is 3.19. The van der Waals surface area contributed by atoms with Gasteiger partial charge in [-0.05, 0) is 57.0 Å². The van der Waals surface area contributed by atoms with Crippen molar-refractivity contribution in [3.8, 4) is 0 Å². The van der Waals surface area contributed by atoms with Crippen molar-refractivity contribution in [2.45, 2.75) is 25.8 Å². The maximum atomic E-state index is 12.8. The Morgan fingerprint density at radius 1 is 1.13 bits per heavy atom. The number of nitrogens with zero attached hydrogens (tertiary/aromatic N) is 1. The molecule has 1 aliphatic heterocycles. The molecule has 1 fully saturated rings. The van der Waals surface area contributed by atoms with Gasteiger partial charge in [0.1, 0.15) is 5.82 Å². The van der Waals surface area contributed by atoms with E-state index < -0.39 is 0 Å². The number of rotatable bonds is 2. The molecule has 1 heterocycles. The zero-order valence-corrected chi connectivity index (χ0v) is 9.12. The molecule has 0 aliphatic carbocycles. The molecule has 1 nitrogen and oxygen atoms in total. The summed E-state index contributed by atoms with van der Waals surface area (Å²) in [5.74, 6) is -0.155. The minimum atomic E-state index is -0.155. The van der Waals surface area contributed by atoms with Gasteiger partial charge in [0, 0.05) is 6.04 Å². The van der Waals surface area contributed by atoms with E-state index in [0.29, 0.717) is 6.04 Å². The van der Waals surface area contributed by atoms with Crippen LogP contribution in [0.4, 0.5) is 4.39 Å². The molecule has 1 unspecified atom stereocenters. The smallest absolute Gasteiger partial charge is 0.123 e. The van der Waals surface area contributed by atoms with Crippen LogP contribution in [0.15, 0.2) is 24.3 Å². The molecule has 1 aliphatic rings. The number of hydrogen-bond donors (Lipinski definition) is 0. The molecular formula is C13H17FN. The molecule has 0 bridgehead atoms. The van der Waals surface area contributed by atoms with Crippen LogP contribution in [0.2, 0.25) is 0 Å². The normalized spacial score (nSPS) is 20.1. The van der Waals surface area contributed by atoms with Gasteiger partial charge in [0.05, 0.1) is 0 Å². The third-order valence-corrected chi connectivity index (χ3v) is 3.14. The monoisotopic (exact) mass is 206 g/mol. The van der Waals surface area contributed by atoms with Crippen molar-refractivity contribution in [2.75, 3.05) is 13.1 Å². The molecule has 1 saturated heterocycles. The van der Waals surface area contributed by atoms with E-state index in [4.69, 9.17) is 0 Å². The molecule has 0 amide bonds. The molecule has 2 heteroatoms. The molecule has 0 N–H and O–H groups in total. The lowest BCUT2D eigenvalue weighted by atomic mass is 10.0. The van der Waals surface area contributed by atoms with Crippen molar-refractivity contribution in [3.05, 3.63) is 42.1 Å². The summed E-state index contributed by atoms with van der Waals surface area (Å²) >= 11 is 0. The number of benzene rings is 1. The van der Waals surface area contributed by atoms with Gasteiger partial charge in [-0.15, -0.1) is 0 Å². The van der Waals surface area contributed by atoms with Crippen molar-refractivity contribution >= 4 is 0 Å². The number of hydrogen-bond acceptors (Lipinski definition) is 1. The molecule has 1 atom stereocenters. The maximum Gasteiger partial charge on any atom is 0.123 e. The molecule has 1 radical (unpaired) electrons. The quantitative estimate of drug-likeness (QED) is 0.718. The molecule has 15 heavy (non-hydrogen) atoms. The Morgan fingerprint density at radius 3 is 2.33 bits per heavy atom. The van der Waals surface area contributed by atoms with Gasteiger partial charge in [0.15, 0.2) is 0 Å². The summed E-state index contributed by atoms with van der Waals surface area (Å²) in [6.45, 7) is 4.44. The second-order valence-corrected chi connectivity index (χ2v) is 4.13. The predicted molar refractivity (Wildman–Crippen MR) is 59.9 cm³/mol. The molecule has 0 aromatic heterocycles. The van der Waals surface area contributed by atoms with Crippen LogP contribution in [0, 0.1) is 12.2 Å². The van der Waals surface area contributed by atoms with Gasteiger partial charge in [-0.3, -0.25) is 4.90 Å². The minimum Gasteiger partial charge on any atom is -0.297 e. The molecule has 2 rings (SSSR count). The summed E-state index contributed by atoms with van der Waals surface area (Å²) < 4.78 is 12.8. The second kappa shape index (κ2) is 4.75. The molecule has 81 valence electrons. The van der Waals surface area contributed by atoms with E-state index in [1.165, 1.54) is 18.4 Å². The van der Waals surface area contributed by atoms with E-state index in [9.17, 15) is 4.39 Å². The number of piperidine rings is 1. The first-order chi connectivity index (χ1) is 7.27. The molecule has 1 aromatic carbocycles. The Balaban J connectivity index is 2.05. The van der Waals surface area contributed by atoms with E-state index in [0.717, 1.165) is 13.1 Å². The van der Waals surface area contributed by atoms with Crippen LogP contribution in [0.3, 0.4) is 0 Å². The largest absolute Gasteiger partial charge is 0.297 e. The van der Waals surface area contributed by atoms with Gasteiger partial charge in [0.2, 0.25) is 0 Å². The summed E-state index contributed by atoms with van der Waals surface area (Å²) in [5, 5.41) is 0. The first-order valence-corrected chi connectivity index (χ1v) is 5.58. The Hall–Kier alpha value is -0.890. The summed E-state index contributed by atoms with van der Waals surface area (Å²) in [6.07, 6.45) is 4.69. The third kappa shape index (κ3) is 2.57. The van der Waals surface area contributed by atoms with E-state index in [1.54, 1.807) is 12.1 Å². The molecule has 0 spiro atoms. The van der Waals surface area contributed by atoms with Gasteiger partial charge in [-0.2, -0.15) is 0 Å². The van der Waals surface area contributed by atoms with E-state index in [-0.39, 0.29) is 5.82 Å². The Morgan fingerprint density at radius 2 is 1.73 bits per heavy atom. The lowest BCUT2D eigenvalue weighted by Gasteiger charge is -2.32. The zero-order chi connectivity index (χ0) is 10.7. The van der Waals surface area contributed by atoms with Gasteiger partial charge in [0.25, 0.3) is 0 Å². The summed E-state index contributed by atoms with van der Waals surface area (Å²) in [5.41, 5.74) is 1.21. The Labute approximate surface area is 90.9 Å². The molecule has 0 saturated carbocycles. The second-order valence-electron chi connectivity index (χ2n) is 4.13. The highest BCUT2D eigenvalue weighted by Crippen LogP contribution is 2.23. The van der Waals surface area contributed by atoms with Crippen LogP contribution in [0.5, 0.6) is 0 Å². The Bertz CT molecular complexity index is 301. The van der Waals surface area contributed by atoms with E-state index >= 15 is 0 Å². The minimum absolute atomic E-state index is 0.155. The van der Waals surface area contributed by atoms with Crippen LogP contribution in [0.25, 0.3) is 0 Å². The summed E-state index contributed by atoms with van der Waals surface area (Å²) in [7, 11) is 0. The summed E-state index contributed by atoms with van der Waals surface area (Å²) in [4.78, 5) is 2.45. The number of likely N-dealkylation sites (tertiary alicyclic amines) is 1. The van der Waals surface area contributed by atoms with Crippen LogP contribution in [-0.4, -0.2) is 18.0 Å². The highest BCUT2D eigenvalue weighted by atomic mass is 19.1. The van der Waals surface area contributed by atoms with Crippen molar-refractivity contribution in [1.82, 2.24) is 4.90 Å². The van der Waals surface area contributed by atoms with Gasteiger partial charge in [-0.25, -0.2) is 4.39 Å². The summed E-state index contributed by atoms with van der Waals surface area (Å²) in [6, 6.07) is 7.26.